The molecule has 3 heteroatoms. The first-order valence-electron chi connectivity index (χ1n) is 5.73. The second kappa shape index (κ2) is 6.70. The predicted octanol–water partition coefficient (Wildman–Crippen LogP) is 1.88. The molecule has 0 aromatic rings. The highest BCUT2D eigenvalue weighted by Crippen LogP contribution is 2.19. The van der Waals surface area contributed by atoms with Crippen LogP contribution in [0.25, 0.3) is 0 Å². The predicted molar refractivity (Wildman–Crippen MR) is 63.8 cm³/mol. The fourth-order valence-corrected chi connectivity index (χ4v) is 2.69. The Morgan fingerprint density at radius 2 is 2.36 bits per heavy atom. The summed E-state index contributed by atoms with van der Waals surface area (Å²) in [6.07, 6.45) is 3.19. The molecule has 0 aromatic carbocycles. The summed E-state index contributed by atoms with van der Waals surface area (Å²) in [6.45, 7) is 5.52. The van der Waals surface area contributed by atoms with Crippen LogP contribution in [0.5, 0.6) is 0 Å². The summed E-state index contributed by atoms with van der Waals surface area (Å²) in [7, 11) is 0. The van der Waals surface area contributed by atoms with Gasteiger partial charge in [-0.15, -0.1) is 0 Å². The summed E-state index contributed by atoms with van der Waals surface area (Å²) in [5.74, 6) is 3.01. The van der Waals surface area contributed by atoms with Crippen molar-refractivity contribution < 1.29 is 5.11 Å². The Bertz CT molecular complexity index is 154. The van der Waals surface area contributed by atoms with E-state index >= 15 is 0 Å². The van der Waals surface area contributed by atoms with Gasteiger partial charge in [0.15, 0.2) is 0 Å². The van der Waals surface area contributed by atoms with E-state index in [0.29, 0.717) is 6.04 Å². The van der Waals surface area contributed by atoms with Crippen LogP contribution in [-0.4, -0.2) is 35.3 Å². The normalized spacial score (nSPS) is 30.2. The highest BCUT2D eigenvalue weighted by atomic mass is 32.2. The van der Waals surface area contributed by atoms with Crippen molar-refractivity contribution in [3.8, 4) is 0 Å². The molecule has 3 unspecified atom stereocenters. The van der Waals surface area contributed by atoms with E-state index in [4.69, 9.17) is 0 Å². The van der Waals surface area contributed by atoms with Crippen molar-refractivity contribution in [2.24, 2.45) is 5.92 Å². The van der Waals surface area contributed by atoms with Crippen molar-refractivity contribution in [3.63, 3.8) is 0 Å². The molecule has 0 radical (unpaired) electrons. The van der Waals surface area contributed by atoms with Gasteiger partial charge >= 0.3 is 0 Å². The molecule has 1 heterocycles. The first kappa shape index (κ1) is 12.3. The number of aliphatic hydroxyl groups excluding tert-OH is 1. The molecule has 3 atom stereocenters. The maximum absolute atomic E-state index is 9.94. The second-order valence-electron chi connectivity index (χ2n) is 4.24. The van der Waals surface area contributed by atoms with Crippen molar-refractivity contribution in [1.29, 1.82) is 0 Å². The maximum atomic E-state index is 9.94. The van der Waals surface area contributed by atoms with Gasteiger partial charge in [-0.3, -0.25) is 0 Å². The van der Waals surface area contributed by atoms with Crippen LogP contribution in [0.4, 0.5) is 0 Å². The number of nitrogens with one attached hydrogen (secondary N) is 1. The molecule has 14 heavy (non-hydrogen) atoms. The Balaban J connectivity index is 2.18. The summed E-state index contributed by atoms with van der Waals surface area (Å²) in [4.78, 5) is 0. The lowest BCUT2D eigenvalue weighted by Gasteiger charge is -2.31. The second-order valence-corrected chi connectivity index (χ2v) is 5.64. The minimum Gasteiger partial charge on any atom is -0.391 e. The third-order valence-electron chi connectivity index (χ3n) is 2.93. The zero-order valence-corrected chi connectivity index (χ0v) is 10.1. The van der Waals surface area contributed by atoms with E-state index in [9.17, 15) is 5.11 Å². The van der Waals surface area contributed by atoms with Gasteiger partial charge in [0.2, 0.25) is 0 Å². The zero-order valence-electron chi connectivity index (χ0n) is 9.33. The number of piperidine rings is 1. The lowest BCUT2D eigenvalue weighted by Crippen LogP contribution is -2.45. The van der Waals surface area contributed by atoms with Gasteiger partial charge in [-0.25, -0.2) is 0 Å². The lowest BCUT2D eigenvalue weighted by molar-refractivity contribution is 0.0987. The monoisotopic (exact) mass is 217 g/mol. The summed E-state index contributed by atoms with van der Waals surface area (Å²) in [6, 6.07) is 0.344. The summed E-state index contributed by atoms with van der Waals surface area (Å²) in [5, 5.41) is 13.4. The van der Waals surface area contributed by atoms with Crippen LogP contribution in [0.3, 0.4) is 0 Å². The van der Waals surface area contributed by atoms with Crippen molar-refractivity contribution in [1.82, 2.24) is 5.32 Å². The number of aliphatic hydroxyl groups is 1. The quantitative estimate of drug-likeness (QED) is 0.690. The van der Waals surface area contributed by atoms with Crippen molar-refractivity contribution in [3.05, 3.63) is 0 Å². The molecule has 1 aliphatic rings. The highest BCUT2D eigenvalue weighted by molar-refractivity contribution is 7.99. The molecule has 0 bridgehead atoms. The Morgan fingerprint density at radius 1 is 1.57 bits per heavy atom. The molecule has 1 rings (SSSR count). The SMILES string of the molecule is CCSCCC(O)C1CC(C)CCN1. The van der Waals surface area contributed by atoms with E-state index in [2.05, 4.69) is 19.2 Å². The Morgan fingerprint density at radius 3 is 3.00 bits per heavy atom. The van der Waals surface area contributed by atoms with Gasteiger partial charge in [0.05, 0.1) is 6.10 Å². The average molecular weight is 217 g/mol. The van der Waals surface area contributed by atoms with E-state index in [0.717, 1.165) is 36.8 Å². The third-order valence-corrected chi connectivity index (χ3v) is 3.86. The molecule has 1 fully saturated rings. The van der Waals surface area contributed by atoms with E-state index in [1.165, 1.54) is 6.42 Å². The maximum Gasteiger partial charge on any atom is 0.0701 e. The minimum atomic E-state index is -0.142. The fraction of sp³-hybridized carbons (Fsp3) is 1.00. The van der Waals surface area contributed by atoms with Gasteiger partial charge in [0, 0.05) is 6.04 Å². The number of rotatable bonds is 5. The van der Waals surface area contributed by atoms with Gasteiger partial charge in [0.1, 0.15) is 0 Å². The molecule has 0 amide bonds. The van der Waals surface area contributed by atoms with Gasteiger partial charge < -0.3 is 10.4 Å². The molecule has 0 saturated carbocycles. The largest absolute Gasteiger partial charge is 0.391 e. The number of hydrogen-bond donors (Lipinski definition) is 2. The van der Waals surface area contributed by atoms with E-state index in [1.807, 2.05) is 11.8 Å². The average Bonchev–Trinajstić information content (AvgIpc) is 2.18. The van der Waals surface area contributed by atoms with E-state index in [1.54, 1.807) is 0 Å². The molecule has 0 aromatic heterocycles. The molecule has 0 aliphatic carbocycles. The standard InChI is InChI=1S/C11H23NOS/c1-3-14-7-5-11(13)10-8-9(2)4-6-12-10/h9-13H,3-8H2,1-2H3. The topological polar surface area (TPSA) is 32.3 Å². The molecule has 84 valence electrons. The van der Waals surface area contributed by atoms with Crippen LogP contribution in [-0.2, 0) is 0 Å². The molecular weight excluding hydrogens is 194 g/mol. The molecule has 2 N–H and O–H groups in total. The van der Waals surface area contributed by atoms with E-state index < -0.39 is 0 Å². The summed E-state index contributed by atoms with van der Waals surface area (Å²) >= 11 is 1.91. The third kappa shape index (κ3) is 4.20. The Kier molecular flexibility index (Phi) is 5.90. The molecular formula is C11H23NOS. The van der Waals surface area contributed by atoms with Crippen LogP contribution in [0, 0.1) is 5.92 Å². The van der Waals surface area contributed by atoms with Gasteiger partial charge in [-0.2, -0.15) is 11.8 Å². The van der Waals surface area contributed by atoms with Crippen LogP contribution in [0.15, 0.2) is 0 Å². The first-order chi connectivity index (χ1) is 6.74. The summed E-state index contributed by atoms with van der Waals surface area (Å²) < 4.78 is 0. The van der Waals surface area contributed by atoms with Crippen molar-refractivity contribution >= 4 is 11.8 Å². The molecule has 0 spiro atoms. The van der Waals surface area contributed by atoms with Gasteiger partial charge in [-0.05, 0) is 43.2 Å². The summed E-state index contributed by atoms with van der Waals surface area (Å²) in [5.41, 5.74) is 0. The highest BCUT2D eigenvalue weighted by Gasteiger charge is 2.24. The minimum absolute atomic E-state index is 0.142. The van der Waals surface area contributed by atoms with Crippen LogP contribution < -0.4 is 5.32 Å². The zero-order chi connectivity index (χ0) is 10.4. The molecule has 1 saturated heterocycles. The smallest absolute Gasteiger partial charge is 0.0701 e. The van der Waals surface area contributed by atoms with E-state index in [-0.39, 0.29) is 6.10 Å². The lowest BCUT2D eigenvalue weighted by atomic mass is 9.90. The van der Waals surface area contributed by atoms with Crippen molar-refractivity contribution in [2.45, 2.75) is 45.3 Å². The van der Waals surface area contributed by atoms with Gasteiger partial charge in [-0.1, -0.05) is 13.8 Å². The van der Waals surface area contributed by atoms with Gasteiger partial charge in [0.25, 0.3) is 0 Å². The molecule has 1 aliphatic heterocycles. The Labute approximate surface area is 91.9 Å². The van der Waals surface area contributed by atoms with Crippen molar-refractivity contribution in [2.75, 3.05) is 18.1 Å². The van der Waals surface area contributed by atoms with Crippen LogP contribution in [0.1, 0.15) is 33.1 Å². The van der Waals surface area contributed by atoms with Crippen LogP contribution >= 0.6 is 11.8 Å². The fourth-order valence-electron chi connectivity index (χ4n) is 1.99. The number of thioether (sulfide) groups is 1. The molecule has 2 nitrogen and oxygen atoms in total. The Hall–Kier alpha value is 0.270. The number of hydrogen-bond acceptors (Lipinski definition) is 3. The van der Waals surface area contributed by atoms with Crippen LogP contribution in [0.2, 0.25) is 0 Å². The first-order valence-corrected chi connectivity index (χ1v) is 6.88.